The molecule has 0 bridgehead atoms. The molecule has 2 heterocycles. The van der Waals surface area contributed by atoms with Gasteiger partial charge in [-0.2, -0.15) is 11.8 Å². The van der Waals surface area contributed by atoms with Crippen molar-refractivity contribution in [3.8, 4) is 17.1 Å². The Morgan fingerprint density at radius 1 is 1.31 bits per heavy atom. The molecule has 1 aromatic heterocycles. The topological polar surface area (TPSA) is 96.6 Å². The molecule has 7 nitrogen and oxygen atoms in total. The molecule has 0 aliphatic carbocycles. The zero-order chi connectivity index (χ0) is 21.1. The number of hydrogen-bond donors (Lipinski definition) is 3. The Bertz CT molecular complexity index is 869. The van der Waals surface area contributed by atoms with E-state index >= 15 is 0 Å². The van der Waals surface area contributed by atoms with Crippen LogP contribution in [0.2, 0.25) is 0 Å². The summed E-state index contributed by atoms with van der Waals surface area (Å²) in [6, 6.07) is 4.07. The van der Waals surface area contributed by atoms with Gasteiger partial charge in [-0.15, -0.1) is 13.2 Å². The summed E-state index contributed by atoms with van der Waals surface area (Å²) < 4.78 is 59.6. The van der Waals surface area contributed by atoms with Crippen molar-refractivity contribution in [2.75, 3.05) is 11.5 Å². The predicted molar refractivity (Wildman–Crippen MR) is 94.6 cm³/mol. The van der Waals surface area contributed by atoms with E-state index in [1.165, 1.54) is 6.07 Å². The average molecular weight is 435 g/mol. The van der Waals surface area contributed by atoms with Crippen LogP contribution < -0.4 is 15.5 Å². The van der Waals surface area contributed by atoms with Gasteiger partial charge in [-0.1, -0.05) is 5.16 Å². The number of aromatic nitrogens is 1. The lowest BCUT2D eigenvalue weighted by Gasteiger charge is -2.35. The maximum atomic E-state index is 14.2. The number of benzene rings is 1. The Kier molecular flexibility index (Phi) is 6.34. The van der Waals surface area contributed by atoms with E-state index in [9.17, 15) is 22.4 Å². The van der Waals surface area contributed by atoms with E-state index in [0.717, 1.165) is 23.6 Å². The van der Waals surface area contributed by atoms with Crippen molar-refractivity contribution in [3.63, 3.8) is 0 Å². The first-order valence-corrected chi connectivity index (χ1v) is 9.66. The van der Waals surface area contributed by atoms with Gasteiger partial charge in [-0.3, -0.25) is 15.3 Å². The van der Waals surface area contributed by atoms with Gasteiger partial charge in [0.15, 0.2) is 5.76 Å². The summed E-state index contributed by atoms with van der Waals surface area (Å²) in [5.41, 5.74) is 0.990. The zero-order valence-electron chi connectivity index (χ0n) is 14.9. The average Bonchev–Trinajstić information content (AvgIpc) is 3.14. The summed E-state index contributed by atoms with van der Waals surface area (Å²) in [6.07, 6.45) is -3.92. The number of nitrogens with zero attached hydrogens (tertiary/aromatic N) is 1. The second-order valence-corrected chi connectivity index (χ2v) is 7.59. The lowest BCUT2D eigenvalue weighted by molar-refractivity contribution is -0.274. The molecule has 1 saturated heterocycles. The number of hydroxylamine groups is 1. The van der Waals surface area contributed by atoms with Crippen LogP contribution in [0.3, 0.4) is 0 Å². The van der Waals surface area contributed by atoms with Gasteiger partial charge < -0.3 is 9.26 Å². The van der Waals surface area contributed by atoms with Crippen molar-refractivity contribution in [3.05, 3.63) is 35.8 Å². The minimum atomic E-state index is -4.92. The fourth-order valence-electron chi connectivity index (χ4n) is 2.99. The summed E-state index contributed by atoms with van der Waals surface area (Å²) in [6.45, 7) is 0.110. The fourth-order valence-corrected chi connectivity index (χ4v) is 4.18. The fraction of sp³-hybridized carbons (Fsp3) is 0.412. The molecule has 12 heteroatoms. The standard InChI is InChI=1S/C17H17F4N3O4S/c18-13-8-11(27-17(19,20)21)1-2-12(13)14-7-10(24-28-14)9-22-16(15(25)23-26)3-5-29-6-4-16/h1-2,7-8,22,26H,3-6,9H2,(H,23,25). The highest BCUT2D eigenvalue weighted by Gasteiger charge is 2.39. The van der Waals surface area contributed by atoms with Gasteiger partial charge in [0.25, 0.3) is 5.91 Å². The SMILES string of the molecule is O=C(NO)C1(NCc2cc(-c3ccc(OC(F)(F)F)cc3F)on2)CCSCC1. The molecule has 0 unspecified atom stereocenters. The van der Waals surface area contributed by atoms with Crippen LogP contribution in [0, 0.1) is 5.82 Å². The number of rotatable bonds is 6. The van der Waals surface area contributed by atoms with Crippen LogP contribution >= 0.6 is 11.8 Å². The van der Waals surface area contributed by atoms with E-state index in [-0.39, 0.29) is 17.9 Å². The Balaban J connectivity index is 1.71. The van der Waals surface area contributed by atoms with Crippen molar-refractivity contribution in [1.82, 2.24) is 16.0 Å². The summed E-state index contributed by atoms with van der Waals surface area (Å²) in [7, 11) is 0. The first-order chi connectivity index (χ1) is 13.7. The zero-order valence-corrected chi connectivity index (χ0v) is 15.7. The van der Waals surface area contributed by atoms with Crippen molar-refractivity contribution in [1.29, 1.82) is 0 Å². The first-order valence-electron chi connectivity index (χ1n) is 8.51. The maximum absolute atomic E-state index is 14.2. The largest absolute Gasteiger partial charge is 0.573 e. The number of thioether (sulfide) groups is 1. The van der Waals surface area contributed by atoms with E-state index in [0.29, 0.717) is 24.6 Å². The molecular weight excluding hydrogens is 418 g/mol. The molecule has 29 heavy (non-hydrogen) atoms. The summed E-state index contributed by atoms with van der Waals surface area (Å²) in [5, 5.41) is 15.9. The molecule has 0 spiro atoms. The molecule has 1 aromatic carbocycles. The molecule has 0 atom stereocenters. The highest BCUT2D eigenvalue weighted by molar-refractivity contribution is 7.99. The number of carbonyl (C=O) groups is 1. The number of nitrogens with one attached hydrogen (secondary N) is 2. The van der Waals surface area contributed by atoms with Gasteiger partial charge in [0.05, 0.1) is 11.3 Å². The molecular formula is C17H17F4N3O4S. The summed E-state index contributed by atoms with van der Waals surface area (Å²) in [5.74, 6) is -0.718. The van der Waals surface area contributed by atoms with Gasteiger partial charge >= 0.3 is 6.36 Å². The number of carbonyl (C=O) groups excluding carboxylic acids is 1. The highest BCUT2D eigenvalue weighted by atomic mass is 32.2. The van der Waals surface area contributed by atoms with E-state index in [1.54, 1.807) is 17.2 Å². The normalized spacial score (nSPS) is 16.4. The minimum absolute atomic E-state index is 0.0118. The molecule has 1 aliphatic rings. The van der Waals surface area contributed by atoms with Gasteiger partial charge in [0.2, 0.25) is 0 Å². The molecule has 0 radical (unpaired) electrons. The number of hydrogen-bond acceptors (Lipinski definition) is 7. The smallest absolute Gasteiger partial charge is 0.406 e. The minimum Gasteiger partial charge on any atom is -0.406 e. The van der Waals surface area contributed by atoms with Crippen molar-refractivity contribution >= 4 is 17.7 Å². The quantitative estimate of drug-likeness (QED) is 0.364. The van der Waals surface area contributed by atoms with Crippen LogP contribution in [0.5, 0.6) is 5.75 Å². The van der Waals surface area contributed by atoms with Crippen molar-refractivity contribution < 1.29 is 36.8 Å². The van der Waals surface area contributed by atoms with Crippen molar-refractivity contribution in [2.24, 2.45) is 0 Å². The number of alkyl halides is 3. The van der Waals surface area contributed by atoms with E-state index in [2.05, 4.69) is 15.2 Å². The van der Waals surface area contributed by atoms with E-state index in [4.69, 9.17) is 9.73 Å². The van der Waals surface area contributed by atoms with Gasteiger partial charge in [0, 0.05) is 18.7 Å². The molecule has 0 saturated carbocycles. The van der Waals surface area contributed by atoms with Crippen LogP contribution in [0.15, 0.2) is 28.8 Å². The van der Waals surface area contributed by atoms with Crippen LogP contribution in [0.4, 0.5) is 17.6 Å². The van der Waals surface area contributed by atoms with E-state index in [1.807, 2.05) is 0 Å². The van der Waals surface area contributed by atoms with Gasteiger partial charge in [0.1, 0.15) is 17.1 Å². The lowest BCUT2D eigenvalue weighted by Crippen LogP contribution is -2.58. The third-order valence-electron chi connectivity index (χ3n) is 4.49. The van der Waals surface area contributed by atoms with Crippen LogP contribution in [-0.2, 0) is 11.3 Å². The summed E-state index contributed by atoms with van der Waals surface area (Å²) in [4.78, 5) is 12.1. The Hall–Kier alpha value is -2.31. The number of halogens is 4. The van der Waals surface area contributed by atoms with Crippen LogP contribution in [0.1, 0.15) is 18.5 Å². The first kappa shape index (κ1) is 21.4. The Morgan fingerprint density at radius 2 is 2.03 bits per heavy atom. The number of amides is 1. The third-order valence-corrected chi connectivity index (χ3v) is 5.47. The molecule has 1 amide bonds. The van der Waals surface area contributed by atoms with Crippen LogP contribution in [-0.4, -0.2) is 39.7 Å². The van der Waals surface area contributed by atoms with Crippen LogP contribution in [0.25, 0.3) is 11.3 Å². The molecule has 1 aliphatic heterocycles. The summed E-state index contributed by atoms with van der Waals surface area (Å²) >= 11 is 1.70. The monoisotopic (exact) mass is 435 g/mol. The Morgan fingerprint density at radius 3 is 2.66 bits per heavy atom. The predicted octanol–water partition coefficient (Wildman–Crippen LogP) is 3.24. The second-order valence-electron chi connectivity index (χ2n) is 6.36. The maximum Gasteiger partial charge on any atom is 0.573 e. The van der Waals surface area contributed by atoms with Gasteiger partial charge in [-0.25, -0.2) is 9.87 Å². The second kappa shape index (κ2) is 8.59. The Labute approximate surface area is 166 Å². The third kappa shape index (κ3) is 5.19. The van der Waals surface area contributed by atoms with Gasteiger partial charge in [-0.05, 0) is 36.5 Å². The van der Waals surface area contributed by atoms with E-state index < -0.39 is 29.4 Å². The molecule has 1 fully saturated rings. The highest BCUT2D eigenvalue weighted by Crippen LogP contribution is 2.31. The molecule has 2 aromatic rings. The van der Waals surface area contributed by atoms with Crippen molar-refractivity contribution in [2.45, 2.75) is 31.3 Å². The molecule has 3 N–H and O–H groups in total. The number of ether oxygens (including phenoxy) is 1. The lowest BCUT2D eigenvalue weighted by atomic mass is 9.91. The molecule has 3 rings (SSSR count). The molecule has 158 valence electrons.